The van der Waals surface area contributed by atoms with Crippen LogP contribution in [0.5, 0.6) is 0 Å². The second-order valence-electron chi connectivity index (χ2n) is 2.82. The Bertz CT molecular complexity index is 442. The Hall–Kier alpha value is -1.42. The van der Waals surface area contributed by atoms with Crippen molar-refractivity contribution in [3.63, 3.8) is 0 Å². The summed E-state index contributed by atoms with van der Waals surface area (Å²) in [7, 11) is 0. The predicted molar refractivity (Wildman–Crippen MR) is 59.6 cm³/mol. The minimum absolute atomic E-state index is 0.509. The number of nitrogens with zero attached hydrogens (tertiary/aromatic N) is 2. The lowest BCUT2D eigenvalue weighted by Crippen LogP contribution is -1.90. The molecule has 2 aromatic rings. The second kappa shape index (κ2) is 3.75. The van der Waals surface area contributed by atoms with Gasteiger partial charge >= 0.3 is 0 Å². The molecule has 0 atom stereocenters. The summed E-state index contributed by atoms with van der Waals surface area (Å²) in [6, 6.07) is 5.64. The lowest BCUT2D eigenvalue weighted by Gasteiger charge is -2.03. The fraction of sp³-hybridized carbons (Fsp3) is 0. The molecule has 0 saturated heterocycles. The van der Waals surface area contributed by atoms with Gasteiger partial charge in [-0.15, -0.1) is 0 Å². The van der Waals surface area contributed by atoms with Crippen LogP contribution in [0.1, 0.15) is 0 Å². The molecule has 0 aliphatic carbocycles. The second-order valence-corrected chi connectivity index (χ2v) is 3.68. The molecule has 0 aromatic carbocycles. The molecule has 0 amide bonds. The minimum atomic E-state index is 0.509. The van der Waals surface area contributed by atoms with Gasteiger partial charge in [-0.25, -0.2) is 4.98 Å². The van der Waals surface area contributed by atoms with Crippen LogP contribution in [0.15, 0.2) is 41.3 Å². The number of halogens is 1. The van der Waals surface area contributed by atoms with Gasteiger partial charge in [-0.05, 0) is 39.7 Å². The van der Waals surface area contributed by atoms with Crippen molar-refractivity contribution < 1.29 is 0 Å². The molecule has 0 saturated carbocycles. The van der Waals surface area contributed by atoms with E-state index in [9.17, 15) is 0 Å². The molecule has 2 aromatic heterocycles. The first-order valence-corrected chi connectivity index (χ1v) is 4.88. The molecular weight excluding hydrogens is 242 g/mol. The number of hydrogen-bond acceptors (Lipinski definition) is 3. The van der Waals surface area contributed by atoms with E-state index in [1.807, 2.05) is 12.1 Å². The van der Waals surface area contributed by atoms with E-state index < -0.39 is 0 Å². The van der Waals surface area contributed by atoms with Gasteiger partial charge in [-0.3, -0.25) is 4.98 Å². The monoisotopic (exact) mass is 249 g/mol. The van der Waals surface area contributed by atoms with E-state index in [1.165, 1.54) is 0 Å². The summed E-state index contributed by atoms with van der Waals surface area (Å²) in [5, 5.41) is 0. The van der Waals surface area contributed by atoms with Crippen molar-refractivity contribution in [1.82, 2.24) is 9.97 Å². The average Bonchev–Trinajstić information content (AvgIpc) is 2.19. The third-order valence-electron chi connectivity index (χ3n) is 1.87. The Kier molecular flexibility index (Phi) is 2.45. The van der Waals surface area contributed by atoms with Crippen LogP contribution in [-0.4, -0.2) is 9.97 Å². The van der Waals surface area contributed by atoms with Crippen LogP contribution < -0.4 is 5.73 Å². The van der Waals surface area contributed by atoms with E-state index in [0.717, 1.165) is 15.6 Å². The number of nitrogens with two attached hydrogens (primary N) is 1. The number of rotatable bonds is 1. The smallest absolute Gasteiger partial charge is 0.124 e. The van der Waals surface area contributed by atoms with Gasteiger partial charge in [-0.2, -0.15) is 0 Å². The highest BCUT2D eigenvalue weighted by Crippen LogP contribution is 2.27. The third-order valence-corrected chi connectivity index (χ3v) is 2.52. The summed E-state index contributed by atoms with van der Waals surface area (Å²) < 4.78 is 0.941. The van der Waals surface area contributed by atoms with Crippen LogP contribution in [0.3, 0.4) is 0 Å². The van der Waals surface area contributed by atoms with E-state index >= 15 is 0 Å². The van der Waals surface area contributed by atoms with Gasteiger partial charge in [0.15, 0.2) is 0 Å². The topological polar surface area (TPSA) is 51.8 Å². The summed E-state index contributed by atoms with van der Waals surface area (Å²) in [6.45, 7) is 0. The van der Waals surface area contributed by atoms with E-state index in [4.69, 9.17) is 5.73 Å². The maximum absolute atomic E-state index is 5.55. The molecule has 2 N–H and O–H groups in total. The van der Waals surface area contributed by atoms with Crippen molar-refractivity contribution >= 4 is 21.7 Å². The highest BCUT2D eigenvalue weighted by atomic mass is 79.9. The van der Waals surface area contributed by atoms with E-state index in [1.54, 1.807) is 24.7 Å². The van der Waals surface area contributed by atoms with Crippen LogP contribution >= 0.6 is 15.9 Å². The van der Waals surface area contributed by atoms with E-state index in [-0.39, 0.29) is 0 Å². The van der Waals surface area contributed by atoms with Crippen LogP contribution in [0.25, 0.3) is 11.1 Å². The number of pyridine rings is 2. The zero-order chi connectivity index (χ0) is 9.97. The van der Waals surface area contributed by atoms with Gasteiger partial charge in [-0.1, -0.05) is 0 Å². The number of nitrogen functional groups attached to an aromatic ring is 1. The standard InChI is InChI=1S/C10H8BrN3/c11-9-5-10(12)14-6-8(9)7-1-3-13-4-2-7/h1-6H,(H2,12,14). The molecule has 0 aliphatic rings. The molecular formula is C10H8BrN3. The van der Waals surface area contributed by atoms with Crippen LogP contribution in [0, 0.1) is 0 Å². The van der Waals surface area contributed by atoms with Gasteiger partial charge in [0, 0.05) is 28.6 Å². The van der Waals surface area contributed by atoms with Gasteiger partial charge in [0.1, 0.15) is 5.82 Å². The van der Waals surface area contributed by atoms with Gasteiger partial charge in [0.2, 0.25) is 0 Å². The van der Waals surface area contributed by atoms with E-state index in [0.29, 0.717) is 5.82 Å². The maximum atomic E-state index is 5.55. The van der Waals surface area contributed by atoms with Crippen molar-refractivity contribution in [1.29, 1.82) is 0 Å². The minimum Gasteiger partial charge on any atom is -0.384 e. The Labute approximate surface area is 90.1 Å². The average molecular weight is 250 g/mol. The van der Waals surface area contributed by atoms with Crippen molar-refractivity contribution in [3.05, 3.63) is 41.3 Å². The highest BCUT2D eigenvalue weighted by molar-refractivity contribution is 9.10. The molecule has 0 aliphatic heterocycles. The highest BCUT2D eigenvalue weighted by Gasteiger charge is 2.03. The summed E-state index contributed by atoms with van der Waals surface area (Å²) in [5.41, 5.74) is 7.64. The van der Waals surface area contributed by atoms with Crippen LogP contribution in [-0.2, 0) is 0 Å². The summed E-state index contributed by atoms with van der Waals surface area (Å²) in [6.07, 6.45) is 5.24. The number of anilines is 1. The molecule has 14 heavy (non-hydrogen) atoms. The van der Waals surface area contributed by atoms with Gasteiger partial charge < -0.3 is 5.73 Å². The molecule has 0 spiro atoms. The zero-order valence-corrected chi connectivity index (χ0v) is 8.90. The van der Waals surface area contributed by atoms with Gasteiger partial charge in [0.05, 0.1) is 0 Å². The molecule has 4 heteroatoms. The Morgan fingerprint density at radius 2 is 1.93 bits per heavy atom. The number of aromatic nitrogens is 2. The fourth-order valence-electron chi connectivity index (χ4n) is 1.19. The normalized spacial score (nSPS) is 10.1. The van der Waals surface area contributed by atoms with Gasteiger partial charge in [0.25, 0.3) is 0 Å². The third kappa shape index (κ3) is 1.75. The molecule has 0 fully saturated rings. The van der Waals surface area contributed by atoms with Crippen molar-refractivity contribution in [2.45, 2.75) is 0 Å². The van der Waals surface area contributed by atoms with Crippen molar-refractivity contribution in [2.75, 3.05) is 5.73 Å². The van der Waals surface area contributed by atoms with Crippen LogP contribution in [0.2, 0.25) is 0 Å². The Morgan fingerprint density at radius 3 is 2.57 bits per heavy atom. The molecule has 0 radical (unpaired) electrons. The van der Waals surface area contributed by atoms with Crippen LogP contribution in [0.4, 0.5) is 5.82 Å². The first-order valence-electron chi connectivity index (χ1n) is 4.09. The van der Waals surface area contributed by atoms with Crippen molar-refractivity contribution in [3.8, 4) is 11.1 Å². The molecule has 3 nitrogen and oxygen atoms in total. The zero-order valence-electron chi connectivity index (χ0n) is 7.31. The summed E-state index contributed by atoms with van der Waals surface area (Å²) in [4.78, 5) is 8.00. The summed E-state index contributed by atoms with van der Waals surface area (Å²) in [5.74, 6) is 0.509. The maximum Gasteiger partial charge on any atom is 0.124 e. The first-order chi connectivity index (χ1) is 6.77. The van der Waals surface area contributed by atoms with Crippen molar-refractivity contribution in [2.24, 2.45) is 0 Å². The SMILES string of the molecule is Nc1cc(Br)c(-c2ccncc2)cn1. The lowest BCUT2D eigenvalue weighted by molar-refractivity contribution is 1.30. The summed E-state index contributed by atoms with van der Waals surface area (Å²) >= 11 is 3.44. The molecule has 2 heterocycles. The predicted octanol–water partition coefficient (Wildman–Crippen LogP) is 2.49. The largest absolute Gasteiger partial charge is 0.384 e. The first kappa shape index (κ1) is 9.15. The molecule has 0 unspecified atom stereocenters. The number of hydrogen-bond donors (Lipinski definition) is 1. The molecule has 0 bridgehead atoms. The molecule has 70 valence electrons. The quantitative estimate of drug-likeness (QED) is 0.845. The fourth-order valence-corrected chi connectivity index (χ4v) is 1.76. The Morgan fingerprint density at radius 1 is 1.21 bits per heavy atom. The Balaban J connectivity index is 2.53. The lowest BCUT2D eigenvalue weighted by atomic mass is 10.1. The molecule has 2 rings (SSSR count). The van der Waals surface area contributed by atoms with E-state index in [2.05, 4.69) is 25.9 Å².